The summed E-state index contributed by atoms with van der Waals surface area (Å²) in [6.07, 6.45) is 3.71. The van der Waals surface area contributed by atoms with Crippen molar-refractivity contribution in [2.24, 2.45) is 0 Å². The molecule has 22 heavy (non-hydrogen) atoms. The fourth-order valence-corrected chi connectivity index (χ4v) is 3.89. The largest absolute Gasteiger partial charge is 0.0654 e. The molecule has 0 aliphatic rings. The Morgan fingerprint density at radius 2 is 1.32 bits per heavy atom. The number of hydrogen-bond acceptors (Lipinski definition) is 0. The molecule has 0 unspecified atom stereocenters. The molecule has 4 aromatic carbocycles. The van der Waals surface area contributed by atoms with Gasteiger partial charge < -0.3 is 0 Å². The summed E-state index contributed by atoms with van der Waals surface area (Å²) in [6, 6.07) is 16.3. The summed E-state index contributed by atoms with van der Waals surface area (Å²) in [6.45, 7) is 6.72. The van der Waals surface area contributed by atoms with Crippen molar-refractivity contribution >= 4 is 32.3 Å². The molecule has 0 nitrogen and oxygen atoms in total. The fraction of sp³-hybridized carbons (Fsp3) is 0.273. The van der Waals surface area contributed by atoms with Crippen molar-refractivity contribution in [2.75, 3.05) is 0 Å². The lowest BCUT2D eigenvalue weighted by Gasteiger charge is -2.15. The smallest absolute Gasteiger partial charge is 0.00215 e. The average Bonchev–Trinajstić information content (AvgIpc) is 2.52. The van der Waals surface area contributed by atoms with Gasteiger partial charge in [-0.3, -0.25) is 0 Å². The summed E-state index contributed by atoms with van der Waals surface area (Å²) in [4.78, 5) is 0. The van der Waals surface area contributed by atoms with Gasteiger partial charge in [0.05, 0.1) is 0 Å². The molecule has 0 saturated carbocycles. The van der Waals surface area contributed by atoms with E-state index in [9.17, 15) is 0 Å². The van der Waals surface area contributed by atoms with Gasteiger partial charge in [-0.2, -0.15) is 0 Å². The van der Waals surface area contributed by atoms with Crippen LogP contribution in [0.3, 0.4) is 0 Å². The lowest BCUT2D eigenvalue weighted by Crippen LogP contribution is -1.91. The predicted molar refractivity (Wildman–Crippen MR) is 98.2 cm³/mol. The van der Waals surface area contributed by atoms with Crippen LogP contribution in [-0.2, 0) is 6.42 Å². The van der Waals surface area contributed by atoms with Crippen molar-refractivity contribution in [2.45, 2.75) is 40.0 Å². The van der Waals surface area contributed by atoms with Gasteiger partial charge in [0.2, 0.25) is 0 Å². The second kappa shape index (κ2) is 4.98. The van der Waals surface area contributed by atoms with E-state index < -0.39 is 0 Å². The summed E-state index contributed by atoms with van der Waals surface area (Å²) in [5, 5.41) is 8.50. The molecule has 0 aliphatic carbocycles. The van der Waals surface area contributed by atoms with Gasteiger partial charge in [0.25, 0.3) is 0 Å². The van der Waals surface area contributed by atoms with E-state index >= 15 is 0 Å². The first-order chi connectivity index (χ1) is 10.7. The zero-order valence-electron chi connectivity index (χ0n) is 13.7. The normalized spacial score (nSPS) is 12.0. The summed E-state index contributed by atoms with van der Waals surface area (Å²) in [7, 11) is 0. The lowest BCUT2D eigenvalue weighted by atomic mass is 9.88. The molecule has 0 amide bonds. The van der Waals surface area contributed by atoms with Gasteiger partial charge in [0.15, 0.2) is 0 Å². The maximum atomic E-state index is 2.40. The van der Waals surface area contributed by atoms with Crippen LogP contribution in [0.1, 0.15) is 36.5 Å². The van der Waals surface area contributed by atoms with Crippen molar-refractivity contribution in [1.29, 1.82) is 0 Å². The molecular formula is C22H22. The van der Waals surface area contributed by atoms with Crippen molar-refractivity contribution in [3.63, 3.8) is 0 Å². The van der Waals surface area contributed by atoms with Crippen LogP contribution in [0.5, 0.6) is 0 Å². The van der Waals surface area contributed by atoms with Crippen LogP contribution in [0.25, 0.3) is 32.3 Å². The molecule has 0 atom stereocenters. The first-order valence-electron chi connectivity index (χ1n) is 8.36. The minimum atomic E-state index is 1.19. The number of hydrogen-bond donors (Lipinski definition) is 0. The Labute approximate surface area is 132 Å². The Morgan fingerprint density at radius 3 is 1.86 bits per heavy atom. The third kappa shape index (κ3) is 1.90. The van der Waals surface area contributed by atoms with E-state index in [0.29, 0.717) is 0 Å². The first kappa shape index (κ1) is 13.6. The zero-order valence-corrected chi connectivity index (χ0v) is 13.7. The van der Waals surface area contributed by atoms with E-state index in [2.05, 4.69) is 63.2 Å². The Bertz CT molecular complexity index is 906. The zero-order chi connectivity index (χ0) is 15.3. The van der Waals surface area contributed by atoms with Crippen LogP contribution in [0.4, 0.5) is 0 Å². The molecule has 0 heteroatoms. The van der Waals surface area contributed by atoms with Crippen LogP contribution >= 0.6 is 0 Å². The second-order valence-electron chi connectivity index (χ2n) is 6.63. The third-order valence-electron chi connectivity index (χ3n) is 5.01. The van der Waals surface area contributed by atoms with Crippen molar-refractivity contribution in [3.05, 3.63) is 59.2 Å². The highest BCUT2D eigenvalue weighted by Crippen LogP contribution is 2.38. The van der Waals surface area contributed by atoms with E-state index in [0.717, 1.165) is 0 Å². The van der Waals surface area contributed by atoms with Crippen LogP contribution < -0.4 is 0 Å². The number of aryl methyl sites for hydroxylation is 3. The van der Waals surface area contributed by atoms with Gasteiger partial charge in [-0.15, -0.1) is 0 Å². The van der Waals surface area contributed by atoms with Crippen LogP contribution in [0, 0.1) is 13.8 Å². The van der Waals surface area contributed by atoms with E-state index in [1.165, 1.54) is 68.3 Å². The molecule has 110 valence electrons. The van der Waals surface area contributed by atoms with Gasteiger partial charge in [0, 0.05) is 0 Å². The van der Waals surface area contributed by atoms with Gasteiger partial charge in [0.1, 0.15) is 0 Å². The molecular weight excluding hydrogens is 264 g/mol. The molecule has 0 saturated heterocycles. The fourth-order valence-electron chi connectivity index (χ4n) is 3.89. The van der Waals surface area contributed by atoms with Gasteiger partial charge in [-0.1, -0.05) is 55.8 Å². The SMILES string of the molecule is CCCCc1cc2ccc3c(C)cc(C)c4ccc(c1)c2c34. The minimum Gasteiger partial charge on any atom is -0.0654 e. The van der Waals surface area contributed by atoms with Crippen molar-refractivity contribution in [3.8, 4) is 0 Å². The minimum absolute atomic E-state index is 1.19. The monoisotopic (exact) mass is 286 g/mol. The van der Waals surface area contributed by atoms with Gasteiger partial charge >= 0.3 is 0 Å². The molecule has 4 rings (SSSR count). The first-order valence-corrected chi connectivity index (χ1v) is 8.36. The second-order valence-corrected chi connectivity index (χ2v) is 6.63. The maximum absolute atomic E-state index is 2.40. The summed E-state index contributed by atoms with van der Waals surface area (Å²) in [5.41, 5.74) is 4.24. The molecule has 0 bridgehead atoms. The third-order valence-corrected chi connectivity index (χ3v) is 5.01. The predicted octanol–water partition coefficient (Wildman–Crippen LogP) is 6.54. The van der Waals surface area contributed by atoms with E-state index in [4.69, 9.17) is 0 Å². The number of benzene rings is 4. The highest BCUT2D eigenvalue weighted by atomic mass is 14.2. The van der Waals surface area contributed by atoms with Crippen LogP contribution in [-0.4, -0.2) is 0 Å². The molecule has 4 aromatic rings. The Balaban J connectivity index is 2.12. The van der Waals surface area contributed by atoms with Crippen molar-refractivity contribution in [1.82, 2.24) is 0 Å². The van der Waals surface area contributed by atoms with Crippen molar-refractivity contribution < 1.29 is 0 Å². The van der Waals surface area contributed by atoms with Crippen LogP contribution in [0.15, 0.2) is 42.5 Å². The quantitative estimate of drug-likeness (QED) is 0.375. The highest BCUT2D eigenvalue weighted by molar-refractivity contribution is 6.24. The summed E-state index contributed by atoms with van der Waals surface area (Å²) in [5.74, 6) is 0. The standard InChI is InChI=1S/C22H22/c1-4-5-6-16-12-17-7-9-19-14(2)11-15(3)20-10-8-18(13-16)21(17)22(19)20/h7-13H,4-6H2,1-3H3. The molecule has 0 N–H and O–H groups in total. The maximum Gasteiger partial charge on any atom is -0.00215 e. The highest BCUT2D eigenvalue weighted by Gasteiger charge is 2.12. The lowest BCUT2D eigenvalue weighted by molar-refractivity contribution is 0.796. The van der Waals surface area contributed by atoms with Gasteiger partial charge in [-0.25, -0.2) is 0 Å². The summed E-state index contributed by atoms with van der Waals surface area (Å²) < 4.78 is 0. The molecule has 0 heterocycles. The van der Waals surface area contributed by atoms with Crippen LogP contribution in [0.2, 0.25) is 0 Å². The Hall–Kier alpha value is -2.08. The number of rotatable bonds is 3. The average molecular weight is 286 g/mol. The number of unbranched alkanes of at least 4 members (excludes halogenated alkanes) is 1. The van der Waals surface area contributed by atoms with Gasteiger partial charge in [-0.05, 0) is 75.7 Å². The molecule has 0 fully saturated rings. The molecule has 0 aromatic heterocycles. The summed E-state index contributed by atoms with van der Waals surface area (Å²) >= 11 is 0. The van der Waals surface area contributed by atoms with E-state index in [1.807, 2.05) is 0 Å². The molecule has 0 aliphatic heterocycles. The molecule has 0 spiro atoms. The van der Waals surface area contributed by atoms with E-state index in [1.54, 1.807) is 0 Å². The Kier molecular flexibility index (Phi) is 3.07. The van der Waals surface area contributed by atoms with E-state index in [-0.39, 0.29) is 0 Å². The topological polar surface area (TPSA) is 0 Å². The Morgan fingerprint density at radius 1 is 0.727 bits per heavy atom. The molecule has 0 radical (unpaired) electrons.